The van der Waals surface area contributed by atoms with E-state index in [9.17, 15) is 9.59 Å². The van der Waals surface area contributed by atoms with E-state index in [2.05, 4.69) is 15.5 Å². The van der Waals surface area contributed by atoms with Crippen molar-refractivity contribution in [2.24, 2.45) is 0 Å². The Kier molecular flexibility index (Phi) is 5.77. The number of fused-ring (bicyclic) bond motifs is 5. The molecule has 0 bridgehead atoms. The molecule has 0 fully saturated rings. The van der Waals surface area contributed by atoms with Crippen molar-refractivity contribution < 1.29 is 9.53 Å². The largest absolute Gasteiger partial charge is 0.495 e. The molecule has 5 aromatic rings. The molecule has 0 unspecified atom stereocenters. The number of hydrogen-bond acceptors (Lipinski definition) is 7. The quantitative estimate of drug-likeness (QED) is 0.330. The van der Waals surface area contributed by atoms with Crippen LogP contribution in [-0.2, 0) is 17.6 Å². The molecule has 1 aliphatic carbocycles. The van der Waals surface area contributed by atoms with Crippen molar-refractivity contribution in [3.05, 3.63) is 74.9 Å². The average molecular weight is 518 g/mol. The van der Waals surface area contributed by atoms with Crippen LogP contribution >= 0.6 is 23.1 Å². The van der Waals surface area contributed by atoms with Gasteiger partial charge in [-0.25, -0.2) is 8.97 Å². The molecule has 1 aliphatic rings. The van der Waals surface area contributed by atoms with Gasteiger partial charge in [-0.1, -0.05) is 41.6 Å². The van der Waals surface area contributed by atoms with E-state index in [0.29, 0.717) is 27.8 Å². The zero-order valence-electron chi connectivity index (χ0n) is 19.8. The summed E-state index contributed by atoms with van der Waals surface area (Å²) in [6, 6.07) is 15.1. The number of benzene rings is 2. The number of thioether (sulfide) groups is 1. The van der Waals surface area contributed by atoms with E-state index < -0.39 is 0 Å². The van der Waals surface area contributed by atoms with Crippen molar-refractivity contribution >= 4 is 50.7 Å². The highest BCUT2D eigenvalue weighted by molar-refractivity contribution is 7.99. The summed E-state index contributed by atoms with van der Waals surface area (Å²) in [5.41, 5.74) is 3.48. The number of carbonyl (C=O) groups excluding carboxylic acids is 1. The van der Waals surface area contributed by atoms with Crippen LogP contribution in [0.5, 0.6) is 5.75 Å². The van der Waals surface area contributed by atoms with Crippen LogP contribution in [0.4, 0.5) is 5.69 Å². The Labute approximate surface area is 214 Å². The summed E-state index contributed by atoms with van der Waals surface area (Å²) in [5, 5.41) is 13.0. The monoisotopic (exact) mass is 517 g/mol. The number of amides is 1. The number of methoxy groups -OCH3 is 1. The van der Waals surface area contributed by atoms with Crippen molar-refractivity contribution in [3.8, 4) is 11.4 Å². The summed E-state index contributed by atoms with van der Waals surface area (Å²) in [5.74, 6) is 0.999. The third-order valence-corrected chi connectivity index (χ3v) is 8.54. The molecule has 3 heterocycles. The summed E-state index contributed by atoms with van der Waals surface area (Å²) in [6.45, 7) is 2.00. The van der Waals surface area contributed by atoms with E-state index in [1.165, 1.54) is 16.6 Å². The fourth-order valence-electron chi connectivity index (χ4n) is 4.64. The van der Waals surface area contributed by atoms with Gasteiger partial charge in [0.1, 0.15) is 10.6 Å². The van der Waals surface area contributed by atoms with E-state index in [1.54, 1.807) is 23.0 Å². The molecule has 0 atom stereocenters. The smallest absolute Gasteiger partial charge is 0.268 e. The lowest BCUT2D eigenvalue weighted by Gasteiger charge is -2.13. The van der Waals surface area contributed by atoms with Crippen LogP contribution in [0.1, 0.15) is 22.4 Å². The minimum Gasteiger partial charge on any atom is -0.495 e. The number of aryl methyl sites for hydroxylation is 3. The number of nitrogens with zero attached hydrogens (tertiary/aromatic N) is 4. The molecule has 3 aromatic heterocycles. The summed E-state index contributed by atoms with van der Waals surface area (Å²) >= 11 is 2.93. The maximum absolute atomic E-state index is 13.9. The first-order valence-electron chi connectivity index (χ1n) is 11.6. The van der Waals surface area contributed by atoms with E-state index in [4.69, 9.17) is 4.74 Å². The van der Waals surface area contributed by atoms with Gasteiger partial charge in [0.05, 0.1) is 23.9 Å². The van der Waals surface area contributed by atoms with Crippen LogP contribution in [0.3, 0.4) is 0 Å². The Balaban J connectivity index is 1.45. The van der Waals surface area contributed by atoms with Gasteiger partial charge in [0, 0.05) is 10.6 Å². The molecule has 182 valence electrons. The number of nitrogens with one attached hydrogen (secondary N) is 1. The maximum atomic E-state index is 13.9. The molecular formula is C26H23N5O3S2. The summed E-state index contributed by atoms with van der Waals surface area (Å²) in [4.78, 5) is 28.6. The number of carbonyl (C=O) groups is 1. The number of para-hydroxylation sites is 2. The van der Waals surface area contributed by atoms with Gasteiger partial charge >= 0.3 is 0 Å². The molecule has 2 aromatic carbocycles. The van der Waals surface area contributed by atoms with Gasteiger partial charge in [-0.3, -0.25) is 9.59 Å². The Bertz CT molecular complexity index is 1680. The molecule has 1 amide bonds. The van der Waals surface area contributed by atoms with Crippen LogP contribution in [0.15, 0.2) is 58.5 Å². The second-order valence-electron chi connectivity index (χ2n) is 8.67. The number of hydrogen-bond donors (Lipinski definition) is 1. The number of thiophene rings is 1. The topological polar surface area (TPSA) is 90.5 Å². The first-order valence-corrected chi connectivity index (χ1v) is 13.4. The first kappa shape index (κ1) is 22.8. The number of rotatable bonds is 6. The van der Waals surface area contributed by atoms with Crippen molar-refractivity contribution in [1.29, 1.82) is 0 Å². The molecule has 0 saturated heterocycles. The van der Waals surface area contributed by atoms with Crippen LogP contribution in [-0.4, -0.2) is 37.9 Å². The maximum Gasteiger partial charge on any atom is 0.268 e. The van der Waals surface area contributed by atoms with Crippen LogP contribution < -0.4 is 15.6 Å². The van der Waals surface area contributed by atoms with Crippen LogP contribution in [0.2, 0.25) is 0 Å². The number of ether oxygens (including phenoxy) is 1. The predicted octanol–water partition coefficient (Wildman–Crippen LogP) is 4.63. The lowest BCUT2D eigenvalue weighted by atomic mass is 10.2. The molecule has 0 radical (unpaired) electrons. The zero-order chi connectivity index (χ0) is 24.8. The second kappa shape index (κ2) is 9.11. The summed E-state index contributed by atoms with van der Waals surface area (Å²) in [7, 11) is 1.58. The Morgan fingerprint density at radius 3 is 2.75 bits per heavy atom. The van der Waals surface area contributed by atoms with Crippen LogP contribution in [0.25, 0.3) is 21.7 Å². The predicted molar refractivity (Wildman–Crippen MR) is 143 cm³/mol. The fraction of sp³-hybridized carbons (Fsp3) is 0.231. The van der Waals surface area contributed by atoms with Gasteiger partial charge in [-0.2, -0.15) is 0 Å². The van der Waals surface area contributed by atoms with E-state index in [1.807, 2.05) is 59.9 Å². The lowest BCUT2D eigenvalue weighted by molar-refractivity contribution is -0.113. The van der Waals surface area contributed by atoms with Gasteiger partial charge in [0.2, 0.25) is 11.7 Å². The molecule has 8 nitrogen and oxygen atoms in total. The second-order valence-corrected chi connectivity index (χ2v) is 10.7. The molecule has 0 saturated carbocycles. The molecule has 6 rings (SSSR count). The molecule has 1 N–H and O–H groups in total. The van der Waals surface area contributed by atoms with Crippen molar-refractivity contribution in [3.63, 3.8) is 0 Å². The van der Waals surface area contributed by atoms with Gasteiger partial charge in [0.15, 0.2) is 5.16 Å². The van der Waals surface area contributed by atoms with E-state index >= 15 is 0 Å². The third-order valence-electron chi connectivity index (χ3n) is 6.33. The summed E-state index contributed by atoms with van der Waals surface area (Å²) in [6.07, 6.45) is 2.89. The van der Waals surface area contributed by atoms with Gasteiger partial charge in [-0.05, 0) is 56.0 Å². The average Bonchev–Trinajstić information content (AvgIpc) is 3.59. The standard InChI is InChI=1S/C26H23N5O3S2/c1-15-10-12-16(13-11-15)27-21(32)14-35-26-29-28-25-30(18-7-3-4-8-19(18)34-2)23(33)22-17-6-5-9-20(17)36-24(22)31(25)26/h3-4,7-8,10-13H,5-6,9,14H2,1-2H3,(H,27,32). The van der Waals surface area contributed by atoms with Gasteiger partial charge in [-0.15, -0.1) is 21.5 Å². The van der Waals surface area contributed by atoms with Gasteiger partial charge < -0.3 is 10.1 Å². The molecule has 36 heavy (non-hydrogen) atoms. The third kappa shape index (κ3) is 3.77. The number of anilines is 1. The van der Waals surface area contributed by atoms with Gasteiger partial charge in [0.25, 0.3) is 5.56 Å². The highest BCUT2D eigenvalue weighted by Gasteiger charge is 2.27. The fourth-order valence-corrected chi connectivity index (χ4v) is 6.81. The molecular weight excluding hydrogens is 494 g/mol. The van der Waals surface area contributed by atoms with E-state index in [-0.39, 0.29) is 17.2 Å². The summed E-state index contributed by atoms with van der Waals surface area (Å²) < 4.78 is 9.06. The first-order chi connectivity index (χ1) is 17.5. The highest BCUT2D eigenvalue weighted by Crippen LogP contribution is 2.38. The SMILES string of the molecule is COc1ccccc1-n1c(=O)c2c3c(sc2n2c(SCC(=O)Nc4ccc(C)cc4)nnc12)CCC3. The Morgan fingerprint density at radius 2 is 1.94 bits per heavy atom. The van der Waals surface area contributed by atoms with Crippen molar-refractivity contribution in [2.75, 3.05) is 18.2 Å². The number of aromatic nitrogens is 4. The highest BCUT2D eigenvalue weighted by atomic mass is 32.2. The molecule has 10 heteroatoms. The normalized spacial score (nSPS) is 12.8. The molecule has 0 aliphatic heterocycles. The van der Waals surface area contributed by atoms with Crippen molar-refractivity contribution in [1.82, 2.24) is 19.2 Å². The minimum absolute atomic E-state index is 0.123. The Hall–Kier alpha value is -3.63. The molecule has 0 spiro atoms. The van der Waals surface area contributed by atoms with Crippen molar-refractivity contribution in [2.45, 2.75) is 31.3 Å². The lowest BCUT2D eigenvalue weighted by Crippen LogP contribution is -2.22. The Morgan fingerprint density at radius 1 is 1.14 bits per heavy atom. The zero-order valence-corrected chi connectivity index (χ0v) is 21.4. The van der Waals surface area contributed by atoms with Crippen LogP contribution in [0, 0.1) is 6.92 Å². The minimum atomic E-state index is -0.136. The van der Waals surface area contributed by atoms with E-state index in [0.717, 1.165) is 40.9 Å².